The molecule has 3 N–H and O–H groups in total. The van der Waals surface area contributed by atoms with Gasteiger partial charge >= 0.3 is 0 Å². The molecule has 18 heavy (non-hydrogen) atoms. The normalized spacial score (nSPS) is 18.3. The number of nitrogens with one attached hydrogen (secondary N) is 3. The average molecular weight is 247 g/mol. The van der Waals surface area contributed by atoms with Gasteiger partial charge in [-0.3, -0.25) is 9.59 Å². The number of carbonyl (C=O) groups excluding carboxylic acids is 2. The van der Waals surface area contributed by atoms with Crippen molar-refractivity contribution in [2.24, 2.45) is 0 Å². The summed E-state index contributed by atoms with van der Waals surface area (Å²) in [5.74, 6) is -0.140. The number of anilines is 1. The van der Waals surface area contributed by atoms with Gasteiger partial charge in [0.05, 0.1) is 6.04 Å². The van der Waals surface area contributed by atoms with E-state index in [1.54, 1.807) is 6.07 Å². The Bertz CT molecular complexity index is 485. The summed E-state index contributed by atoms with van der Waals surface area (Å²) in [6.07, 6.45) is 0.361. The summed E-state index contributed by atoms with van der Waals surface area (Å²) < 4.78 is 0. The second-order valence-corrected chi connectivity index (χ2v) is 4.46. The lowest BCUT2D eigenvalue weighted by Crippen LogP contribution is -2.36. The maximum absolute atomic E-state index is 12.1. The van der Waals surface area contributed by atoms with Gasteiger partial charge in [-0.15, -0.1) is 0 Å². The molecule has 1 fully saturated rings. The Morgan fingerprint density at radius 1 is 1.44 bits per heavy atom. The van der Waals surface area contributed by atoms with Gasteiger partial charge in [-0.1, -0.05) is 0 Å². The summed E-state index contributed by atoms with van der Waals surface area (Å²) in [5.41, 5.74) is 2.53. The van der Waals surface area contributed by atoms with Gasteiger partial charge < -0.3 is 16.0 Å². The second-order valence-electron chi connectivity index (χ2n) is 4.46. The summed E-state index contributed by atoms with van der Waals surface area (Å²) in [7, 11) is 1.84. The fourth-order valence-corrected chi connectivity index (χ4v) is 2.04. The van der Waals surface area contributed by atoms with Crippen molar-refractivity contribution in [1.29, 1.82) is 0 Å². The minimum atomic E-state index is -0.128. The lowest BCUT2D eigenvalue weighted by molar-refractivity contribution is -0.119. The van der Waals surface area contributed by atoms with Gasteiger partial charge in [-0.2, -0.15) is 0 Å². The Labute approximate surface area is 106 Å². The fourth-order valence-electron chi connectivity index (χ4n) is 2.04. The van der Waals surface area contributed by atoms with E-state index < -0.39 is 0 Å². The van der Waals surface area contributed by atoms with Crippen LogP contribution in [0, 0.1) is 6.92 Å². The maximum atomic E-state index is 12.1. The minimum absolute atomic E-state index is 0.0115. The third-order valence-corrected chi connectivity index (χ3v) is 3.07. The number of aryl methyl sites for hydroxylation is 1. The molecule has 0 saturated carbocycles. The molecule has 1 atom stereocenters. The number of carbonyl (C=O) groups is 2. The molecule has 2 rings (SSSR count). The molecule has 5 heteroatoms. The zero-order valence-electron chi connectivity index (χ0n) is 10.5. The molecule has 5 nitrogen and oxygen atoms in total. The summed E-state index contributed by atoms with van der Waals surface area (Å²) in [6, 6.07) is 5.47. The molecule has 0 radical (unpaired) electrons. The Hall–Kier alpha value is -2.04. The standard InChI is InChI=1S/C13H17N3O2/c1-8-5-9(14-2)3-4-11(8)13(18)16-10-6-12(17)15-7-10/h3-5,10,14H,6-7H2,1-2H3,(H,15,17)(H,16,18). The van der Waals surface area contributed by atoms with Crippen LogP contribution in [-0.4, -0.2) is 31.4 Å². The maximum Gasteiger partial charge on any atom is 0.251 e. The Morgan fingerprint density at radius 2 is 2.22 bits per heavy atom. The molecule has 1 unspecified atom stereocenters. The molecular formula is C13H17N3O2. The minimum Gasteiger partial charge on any atom is -0.388 e. The van der Waals surface area contributed by atoms with E-state index in [0.29, 0.717) is 18.5 Å². The van der Waals surface area contributed by atoms with Gasteiger partial charge in [0.2, 0.25) is 5.91 Å². The SMILES string of the molecule is CNc1ccc(C(=O)NC2CNC(=O)C2)c(C)c1. The Balaban J connectivity index is 2.07. The molecule has 2 amide bonds. The van der Waals surface area contributed by atoms with Crippen LogP contribution < -0.4 is 16.0 Å². The van der Waals surface area contributed by atoms with Gasteiger partial charge in [-0.25, -0.2) is 0 Å². The highest BCUT2D eigenvalue weighted by Gasteiger charge is 2.23. The van der Waals surface area contributed by atoms with Gasteiger partial charge in [0.15, 0.2) is 0 Å². The van der Waals surface area contributed by atoms with E-state index in [1.807, 2.05) is 26.1 Å². The largest absolute Gasteiger partial charge is 0.388 e. The third-order valence-electron chi connectivity index (χ3n) is 3.07. The van der Waals surface area contributed by atoms with E-state index in [-0.39, 0.29) is 17.9 Å². The van der Waals surface area contributed by atoms with Crippen molar-refractivity contribution in [3.8, 4) is 0 Å². The van der Waals surface area contributed by atoms with Crippen LogP contribution in [0.4, 0.5) is 5.69 Å². The number of benzene rings is 1. The van der Waals surface area contributed by atoms with Crippen LogP contribution >= 0.6 is 0 Å². The molecule has 96 valence electrons. The summed E-state index contributed by atoms with van der Waals surface area (Å²) in [4.78, 5) is 23.1. The van der Waals surface area contributed by atoms with Crippen molar-refractivity contribution in [2.45, 2.75) is 19.4 Å². The average Bonchev–Trinajstić information content (AvgIpc) is 2.74. The molecule has 1 aliphatic heterocycles. The lowest BCUT2D eigenvalue weighted by Gasteiger charge is -2.12. The van der Waals surface area contributed by atoms with Gasteiger partial charge in [0.25, 0.3) is 5.91 Å². The monoisotopic (exact) mass is 247 g/mol. The van der Waals surface area contributed by atoms with Crippen LogP contribution in [0.5, 0.6) is 0 Å². The highest BCUT2D eigenvalue weighted by atomic mass is 16.2. The number of hydrogen-bond acceptors (Lipinski definition) is 3. The first-order valence-corrected chi connectivity index (χ1v) is 5.96. The first kappa shape index (κ1) is 12.4. The third kappa shape index (κ3) is 2.61. The molecule has 0 aromatic heterocycles. The lowest BCUT2D eigenvalue weighted by atomic mass is 10.1. The molecular weight excluding hydrogens is 230 g/mol. The van der Waals surface area contributed by atoms with Crippen molar-refractivity contribution in [2.75, 3.05) is 18.9 Å². The second kappa shape index (κ2) is 5.08. The first-order valence-electron chi connectivity index (χ1n) is 5.96. The zero-order valence-corrected chi connectivity index (χ0v) is 10.5. The van der Waals surface area contributed by atoms with E-state index in [4.69, 9.17) is 0 Å². The molecule has 0 aliphatic carbocycles. The van der Waals surface area contributed by atoms with Crippen LogP contribution in [0.3, 0.4) is 0 Å². The van der Waals surface area contributed by atoms with Crippen LogP contribution in [-0.2, 0) is 4.79 Å². The molecule has 0 bridgehead atoms. The van der Waals surface area contributed by atoms with Gasteiger partial charge in [0, 0.05) is 31.3 Å². The molecule has 1 saturated heterocycles. The topological polar surface area (TPSA) is 70.2 Å². The fraction of sp³-hybridized carbons (Fsp3) is 0.385. The van der Waals surface area contributed by atoms with E-state index in [9.17, 15) is 9.59 Å². The predicted octanol–water partition coefficient (Wildman–Crippen LogP) is 0.655. The molecule has 1 aromatic carbocycles. The smallest absolute Gasteiger partial charge is 0.251 e. The Morgan fingerprint density at radius 3 is 2.78 bits per heavy atom. The number of amides is 2. The van der Waals surface area contributed by atoms with E-state index in [1.165, 1.54) is 0 Å². The molecule has 0 spiro atoms. The van der Waals surface area contributed by atoms with E-state index >= 15 is 0 Å². The van der Waals surface area contributed by atoms with Crippen LogP contribution in [0.15, 0.2) is 18.2 Å². The highest BCUT2D eigenvalue weighted by molar-refractivity contribution is 5.96. The van der Waals surface area contributed by atoms with Crippen molar-refractivity contribution in [3.05, 3.63) is 29.3 Å². The van der Waals surface area contributed by atoms with Crippen molar-refractivity contribution in [1.82, 2.24) is 10.6 Å². The first-order chi connectivity index (χ1) is 8.60. The molecule has 1 aliphatic rings. The number of hydrogen-bond donors (Lipinski definition) is 3. The van der Waals surface area contributed by atoms with E-state index in [0.717, 1.165) is 11.3 Å². The van der Waals surface area contributed by atoms with Crippen LogP contribution in [0.2, 0.25) is 0 Å². The Kier molecular flexibility index (Phi) is 3.50. The van der Waals surface area contributed by atoms with E-state index in [2.05, 4.69) is 16.0 Å². The quantitative estimate of drug-likeness (QED) is 0.734. The summed E-state index contributed by atoms with van der Waals surface area (Å²) in [6.45, 7) is 2.41. The van der Waals surface area contributed by atoms with Crippen molar-refractivity contribution in [3.63, 3.8) is 0 Å². The predicted molar refractivity (Wildman–Crippen MR) is 69.6 cm³/mol. The zero-order chi connectivity index (χ0) is 13.1. The highest BCUT2D eigenvalue weighted by Crippen LogP contribution is 2.15. The van der Waals surface area contributed by atoms with Gasteiger partial charge in [0.1, 0.15) is 0 Å². The summed E-state index contributed by atoms with van der Waals surface area (Å²) >= 11 is 0. The van der Waals surface area contributed by atoms with Crippen LogP contribution in [0.25, 0.3) is 0 Å². The summed E-state index contributed by atoms with van der Waals surface area (Å²) in [5, 5.41) is 8.58. The molecule has 1 aromatic rings. The van der Waals surface area contributed by atoms with Crippen molar-refractivity contribution < 1.29 is 9.59 Å². The number of rotatable bonds is 3. The molecule has 1 heterocycles. The van der Waals surface area contributed by atoms with Gasteiger partial charge in [-0.05, 0) is 30.7 Å². The van der Waals surface area contributed by atoms with Crippen LogP contribution in [0.1, 0.15) is 22.3 Å². The van der Waals surface area contributed by atoms with Crippen molar-refractivity contribution >= 4 is 17.5 Å².